The minimum absolute atomic E-state index is 0. The van der Waals surface area contributed by atoms with Crippen LogP contribution in [0.2, 0.25) is 0 Å². The Kier molecular flexibility index (Phi) is 18.1. The average molecular weight is 974 g/mol. The monoisotopic (exact) mass is 973 g/mol. The summed E-state index contributed by atoms with van der Waals surface area (Å²) in [7, 11) is -2.38. The second-order valence-electron chi connectivity index (χ2n) is 12.7. The molecule has 4 rings (SSSR count). The molecule has 14 nitrogen and oxygen atoms in total. The summed E-state index contributed by atoms with van der Waals surface area (Å²) in [4.78, 5) is 35.5. The van der Waals surface area contributed by atoms with E-state index in [0.29, 0.717) is 54.7 Å². The standard InChI is InChI=1S/C35H46ClN5O9P.Ac/c1-24(27-12-16-32(30(21-27)34(38)42)47-22-26-8-4-3-5-9-26)39-35(43)31(37)20-25-10-13-28(14-11-25)50-51(46,40(2)19-7-6-18-36)48-23-29-15-17-33(49-29)41(44)45;/h10-17,21,24,26,31,37H,3-9,18-20,22-23H2,1-2H3,(H2,38,42)(H,39,43);/q-1;. The van der Waals surface area contributed by atoms with E-state index in [9.17, 15) is 24.3 Å². The molecule has 0 aliphatic heterocycles. The van der Waals surface area contributed by atoms with Crippen LogP contribution in [-0.2, 0) is 26.9 Å². The number of halogens is 1. The number of benzene rings is 2. The number of nitro groups is 1. The number of unbranched alkanes of at least 4 members (excludes halogenated alkanes) is 1. The predicted molar refractivity (Wildman–Crippen MR) is 193 cm³/mol. The summed E-state index contributed by atoms with van der Waals surface area (Å²) >= 11 is 5.80. The fourth-order valence-corrected chi connectivity index (χ4v) is 7.32. The zero-order chi connectivity index (χ0) is 37.0. The van der Waals surface area contributed by atoms with E-state index in [1.807, 2.05) is 0 Å². The average Bonchev–Trinajstić information content (AvgIpc) is 3.61. The van der Waals surface area contributed by atoms with Gasteiger partial charge in [-0.25, -0.2) is 9.24 Å². The number of carbonyl (C=O) groups is 2. The summed E-state index contributed by atoms with van der Waals surface area (Å²) in [6.45, 7) is 2.30. The summed E-state index contributed by atoms with van der Waals surface area (Å²) in [6.07, 6.45) is 7.21. The third-order valence-electron chi connectivity index (χ3n) is 8.71. The molecule has 0 bridgehead atoms. The number of alkyl halides is 1. The minimum atomic E-state index is -3.96. The van der Waals surface area contributed by atoms with Crippen LogP contribution in [0.4, 0.5) is 5.88 Å². The van der Waals surface area contributed by atoms with Crippen molar-refractivity contribution in [3.8, 4) is 11.5 Å². The second-order valence-corrected chi connectivity index (χ2v) is 15.1. The molecule has 4 N–H and O–H groups in total. The van der Waals surface area contributed by atoms with Crippen molar-refractivity contribution in [2.24, 2.45) is 11.7 Å². The number of carbonyl (C=O) groups excluding carboxylic acids is 2. The van der Waals surface area contributed by atoms with E-state index < -0.39 is 42.5 Å². The van der Waals surface area contributed by atoms with E-state index in [2.05, 4.69) is 5.32 Å². The Morgan fingerprint density at radius 1 is 1.13 bits per heavy atom. The predicted octanol–water partition coefficient (Wildman–Crippen LogP) is 7.74. The molecular formula is C35H46AcClN5O9P-. The van der Waals surface area contributed by atoms with E-state index in [-0.39, 0.29) is 74.2 Å². The Balaban J connectivity index is 0.00000729. The van der Waals surface area contributed by atoms with E-state index in [1.54, 1.807) is 56.4 Å². The van der Waals surface area contributed by atoms with E-state index in [4.69, 9.17) is 41.3 Å². The smallest absolute Gasteiger partial charge is 0.461 e. The number of furan rings is 1. The molecule has 0 spiro atoms. The number of primary amides is 1. The van der Waals surface area contributed by atoms with E-state index in [0.717, 1.165) is 12.8 Å². The molecule has 3 aromatic rings. The topological polar surface area (TPSA) is 200 Å². The van der Waals surface area contributed by atoms with Crippen molar-refractivity contribution in [3.63, 3.8) is 0 Å². The third-order valence-corrected chi connectivity index (χ3v) is 10.9. The van der Waals surface area contributed by atoms with Gasteiger partial charge in [-0.1, -0.05) is 43.5 Å². The first-order valence-electron chi connectivity index (χ1n) is 17.0. The molecule has 1 aromatic heterocycles. The summed E-state index contributed by atoms with van der Waals surface area (Å²) < 4.78 is 37.9. The summed E-state index contributed by atoms with van der Waals surface area (Å²) in [5, 5.41) is 13.8. The van der Waals surface area contributed by atoms with Gasteiger partial charge in [0, 0.05) is 56.5 Å². The van der Waals surface area contributed by atoms with Gasteiger partial charge < -0.3 is 30.5 Å². The summed E-state index contributed by atoms with van der Waals surface area (Å²) in [6, 6.07) is 12.4. The van der Waals surface area contributed by atoms with Crippen LogP contribution in [0.15, 0.2) is 59.0 Å². The van der Waals surface area contributed by atoms with Crippen LogP contribution in [0.5, 0.6) is 11.5 Å². The molecule has 1 fully saturated rings. The first-order valence-corrected chi connectivity index (χ1v) is 19.0. The third kappa shape index (κ3) is 13.1. The summed E-state index contributed by atoms with van der Waals surface area (Å²) in [5.41, 5.74) is 15.7. The van der Waals surface area contributed by atoms with Crippen molar-refractivity contribution < 1.29 is 81.3 Å². The van der Waals surface area contributed by atoms with Gasteiger partial charge in [0.2, 0.25) is 5.91 Å². The number of nitrogens with two attached hydrogens (primary N) is 1. The maximum absolute atomic E-state index is 13.9. The number of hydrogen-bond donors (Lipinski definition) is 2. The number of hydrogen-bond acceptors (Lipinski definition) is 9. The zero-order valence-electron chi connectivity index (χ0n) is 29.5. The fraction of sp³-hybridized carbons (Fsp3) is 0.486. The van der Waals surface area contributed by atoms with Gasteiger partial charge in [-0.3, -0.25) is 24.2 Å². The molecule has 1 saturated carbocycles. The molecule has 1 radical (unpaired) electrons. The Morgan fingerprint density at radius 3 is 2.48 bits per heavy atom. The van der Waals surface area contributed by atoms with Crippen molar-refractivity contribution in [1.29, 1.82) is 0 Å². The SMILES string of the molecule is CC(NC(=O)C([NH-])Cc1ccc(OP(=O)(OCc2ccc([N+](=O)[O-])o2)N(C)CCCCCl)cc1)c1ccc(OCC2CCCCC2)c(C(N)=O)c1.[Ac]. The zero-order valence-corrected chi connectivity index (χ0v) is 35.9. The molecule has 52 heavy (non-hydrogen) atoms. The van der Waals surface area contributed by atoms with Crippen LogP contribution in [0, 0.1) is 60.1 Å². The van der Waals surface area contributed by atoms with Crippen LogP contribution in [-0.4, -0.2) is 53.5 Å². The molecule has 3 unspecified atom stereocenters. The molecule has 3 atom stereocenters. The van der Waals surface area contributed by atoms with Gasteiger partial charge in [0.15, 0.2) is 0 Å². The quantitative estimate of drug-likeness (QED) is 0.0371. The number of amides is 2. The van der Waals surface area contributed by atoms with Crippen LogP contribution < -0.4 is 20.3 Å². The van der Waals surface area contributed by atoms with Gasteiger partial charge in [0.25, 0.3) is 5.91 Å². The second kappa shape index (κ2) is 21.4. The molecule has 17 heteroatoms. The Labute approximate surface area is 344 Å². The Hall–Kier alpha value is -2.50. The Bertz CT molecular complexity index is 1670. The van der Waals surface area contributed by atoms with E-state index >= 15 is 0 Å². The minimum Gasteiger partial charge on any atom is -0.667 e. The molecule has 1 aliphatic carbocycles. The first-order chi connectivity index (χ1) is 24.4. The van der Waals surface area contributed by atoms with Crippen molar-refractivity contribution in [2.75, 3.05) is 26.1 Å². The van der Waals surface area contributed by atoms with Gasteiger partial charge in [-0.15, -0.1) is 11.6 Å². The van der Waals surface area contributed by atoms with Gasteiger partial charge in [-0.2, -0.15) is 0 Å². The number of rotatable bonds is 20. The van der Waals surface area contributed by atoms with Crippen molar-refractivity contribution >= 4 is 37.0 Å². The summed E-state index contributed by atoms with van der Waals surface area (Å²) in [5.74, 6) is 0.0424. The van der Waals surface area contributed by atoms with Gasteiger partial charge in [-0.05, 0) is 93.5 Å². The molecule has 281 valence electrons. The first kappa shape index (κ1) is 43.9. The largest absolute Gasteiger partial charge is 0.667 e. The molecule has 2 amide bonds. The van der Waals surface area contributed by atoms with Crippen LogP contribution in [0.25, 0.3) is 5.73 Å². The molecule has 1 aliphatic rings. The van der Waals surface area contributed by atoms with Crippen LogP contribution in [0.3, 0.4) is 0 Å². The molecule has 2 aromatic carbocycles. The maximum Gasteiger partial charge on any atom is 0.461 e. The van der Waals surface area contributed by atoms with Gasteiger partial charge >= 0.3 is 13.6 Å². The van der Waals surface area contributed by atoms with E-state index in [1.165, 1.54) is 36.1 Å². The Morgan fingerprint density at radius 2 is 1.85 bits per heavy atom. The number of nitrogens with zero attached hydrogens (tertiary/aromatic N) is 2. The molecule has 1 heterocycles. The van der Waals surface area contributed by atoms with Gasteiger partial charge in [0.1, 0.15) is 28.8 Å². The van der Waals surface area contributed by atoms with Crippen molar-refractivity contribution in [3.05, 3.63) is 92.9 Å². The van der Waals surface area contributed by atoms with Crippen molar-refractivity contribution in [1.82, 2.24) is 9.99 Å². The van der Waals surface area contributed by atoms with Crippen LogP contribution >= 0.6 is 19.3 Å². The fourth-order valence-electron chi connectivity index (χ4n) is 5.68. The number of ether oxygens (including phenoxy) is 1. The number of nitrogens with one attached hydrogen (secondary N) is 2. The maximum atomic E-state index is 13.9. The normalized spacial score (nSPS) is 15.6. The van der Waals surface area contributed by atoms with Crippen molar-refractivity contribution in [2.45, 2.75) is 77.0 Å². The molecular weight excluding hydrogens is 928 g/mol. The van der Waals surface area contributed by atoms with Crippen LogP contribution in [0.1, 0.15) is 85.2 Å². The molecule has 0 saturated heterocycles. The van der Waals surface area contributed by atoms with Gasteiger partial charge in [0.05, 0.1) is 24.3 Å².